The van der Waals surface area contributed by atoms with Crippen LogP contribution >= 0.6 is 27.3 Å². The number of halogens is 1. The summed E-state index contributed by atoms with van der Waals surface area (Å²) in [4.78, 5) is 29.0. The second-order valence-electron chi connectivity index (χ2n) is 5.27. The Morgan fingerprint density at radius 1 is 1.20 bits per heavy atom. The molecule has 0 unspecified atom stereocenters. The van der Waals surface area contributed by atoms with Gasteiger partial charge in [-0.15, -0.1) is 0 Å². The van der Waals surface area contributed by atoms with E-state index in [0.29, 0.717) is 22.5 Å². The Kier molecular flexibility index (Phi) is 5.15. The fraction of sp³-hybridized carbons (Fsp3) is 0.167. The Hall–Kier alpha value is -2.25. The second kappa shape index (κ2) is 7.33. The predicted octanol–water partition coefficient (Wildman–Crippen LogP) is 3.92. The number of aromatic nitrogens is 1. The van der Waals surface area contributed by atoms with Crippen LogP contribution in [0.3, 0.4) is 0 Å². The number of benzene rings is 2. The van der Waals surface area contributed by atoms with Crippen LogP contribution in [0.25, 0.3) is 10.2 Å². The van der Waals surface area contributed by atoms with E-state index in [1.165, 1.54) is 11.3 Å². The van der Waals surface area contributed by atoms with Crippen molar-refractivity contribution in [3.05, 3.63) is 62.9 Å². The number of esters is 1. The molecule has 0 atom stereocenters. The first-order chi connectivity index (χ1) is 12.0. The molecule has 128 valence electrons. The lowest BCUT2D eigenvalue weighted by Gasteiger charge is -2.01. The lowest BCUT2D eigenvalue weighted by molar-refractivity contribution is 0.0526. The largest absolute Gasteiger partial charge is 0.462 e. The average molecular weight is 419 g/mol. The van der Waals surface area contributed by atoms with Crippen molar-refractivity contribution in [1.29, 1.82) is 0 Å². The molecule has 0 saturated heterocycles. The molecule has 0 aliphatic heterocycles. The summed E-state index contributed by atoms with van der Waals surface area (Å²) in [6.45, 7) is 2.10. The number of nitrogens with zero attached hydrogens (tertiary/aromatic N) is 2. The van der Waals surface area contributed by atoms with E-state index in [2.05, 4.69) is 20.9 Å². The highest BCUT2D eigenvalue weighted by Gasteiger charge is 2.11. The van der Waals surface area contributed by atoms with Gasteiger partial charge in [0.05, 0.1) is 22.4 Å². The van der Waals surface area contributed by atoms with Crippen molar-refractivity contribution in [2.75, 3.05) is 6.61 Å². The molecule has 0 radical (unpaired) electrons. The van der Waals surface area contributed by atoms with Gasteiger partial charge in [-0.3, -0.25) is 4.79 Å². The van der Waals surface area contributed by atoms with Crippen molar-refractivity contribution in [1.82, 2.24) is 4.57 Å². The van der Waals surface area contributed by atoms with Crippen molar-refractivity contribution in [2.45, 2.75) is 6.92 Å². The van der Waals surface area contributed by atoms with Gasteiger partial charge in [0, 0.05) is 17.1 Å². The zero-order valence-electron chi connectivity index (χ0n) is 13.7. The molecule has 25 heavy (non-hydrogen) atoms. The van der Waals surface area contributed by atoms with Gasteiger partial charge in [0.15, 0.2) is 4.80 Å². The number of fused-ring (bicyclic) bond motifs is 1. The number of aryl methyl sites for hydroxylation is 1. The fourth-order valence-electron chi connectivity index (χ4n) is 2.35. The third kappa shape index (κ3) is 3.72. The number of amides is 1. The number of ether oxygens (including phenoxy) is 1. The second-order valence-corrected chi connectivity index (χ2v) is 7.20. The molecule has 7 heteroatoms. The van der Waals surface area contributed by atoms with Gasteiger partial charge in [-0.1, -0.05) is 33.3 Å². The summed E-state index contributed by atoms with van der Waals surface area (Å²) < 4.78 is 8.56. The predicted molar refractivity (Wildman–Crippen MR) is 101 cm³/mol. The van der Waals surface area contributed by atoms with Crippen molar-refractivity contribution in [3.63, 3.8) is 0 Å². The molecular formula is C18H15BrN2O3S. The molecule has 1 aromatic heterocycles. The average Bonchev–Trinajstić information content (AvgIpc) is 2.90. The van der Waals surface area contributed by atoms with Crippen LogP contribution in [-0.4, -0.2) is 23.1 Å². The number of hydrogen-bond acceptors (Lipinski definition) is 4. The van der Waals surface area contributed by atoms with Crippen LogP contribution in [0, 0.1) is 0 Å². The first-order valence-electron chi connectivity index (χ1n) is 7.61. The maximum absolute atomic E-state index is 12.4. The van der Waals surface area contributed by atoms with E-state index >= 15 is 0 Å². The van der Waals surface area contributed by atoms with Crippen LogP contribution < -0.4 is 4.80 Å². The molecule has 1 heterocycles. The third-order valence-electron chi connectivity index (χ3n) is 3.59. The Morgan fingerprint density at radius 3 is 2.72 bits per heavy atom. The lowest BCUT2D eigenvalue weighted by atomic mass is 10.2. The van der Waals surface area contributed by atoms with E-state index in [9.17, 15) is 9.59 Å². The Morgan fingerprint density at radius 2 is 2.00 bits per heavy atom. The first-order valence-corrected chi connectivity index (χ1v) is 9.22. The van der Waals surface area contributed by atoms with Gasteiger partial charge < -0.3 is 9.30 Å². The molecule has 0 spiro atoms. The molecule has 3 aromatic rings. The van der Waals surface area contributed by atoms with Gasteiger partial charge in [0.25, 0.3) is 5.91 Å². The van der Waals surface area contributed by atoms with E-state index in [-0.39, 0.29) is 11.9 Å². The maximum Gasteiger partial charge on any atom is 0.338 e. The molecule has 0 bridgehead atoms. The molecular weight excluding hydrogens is 404 g/mol. The fourth-order valence-corrected chi connectivity index (χ4v) is 3.81. The molecule has 0 fully saturated rings. The van der Waals surface area contributed by atoms with Crippen LogP contribution in [0.15, 0.2) is 51.9 Å². The first kappa shape index (κ1) is 17.6. The van der Waals surface area contributed by atoms with Gasteiger partial charge in [-0.2, -0.15) is 4.99 Å². The van der Waals surface area contributed by atoms with Crippen molar-refractivity contribution in [2.24, 2.45) is 12.0 Å². The van der Waals surface area contributed by atoms with Crippen molar-refractivity contribution >= 4 is 49.4 Å². The summed E-state index contributed by atoms with van der Waals surface area (Å²) in [5.41, 5.74) is 1.90. The summed E-state index contributed by atoms with van der Waals surface area (Å²) in [7, 11) is 1.84. The minimum atomic E-state index is -0.357. The highest BCUT2D eigenvalue weighted by Crippen LogP contribution is 2.19. The number of hydrogen-bond donors (Lipinski definition) is 0. The Labute approximate surface area is 156 Å². The normalized spacial score (nSPS) is 11.7. The molecule has 0 aliphatic rings. The highest BCUT2D eigenvalue weighted by atomic mass is 79.9. The molecule has 3 rings (SSSR count). The van der Waals surface area contributed by atoms with Gasteiger partial charge in [-0.05, 0) is 43.3 Å². The Bertz CT molecular complexity index is 1040. The SMILES string of the molecule is CCOC(=O)c1ccc2c(c1)sc(=NC(=O)c1cccc(Br)c1)n2C. The van der Waals surface area contributed by atoms with Crippen LogP contribution in [0.4, 0.5) is 0 Å². The summed E-state index contributed by atoms with van der Waals surface area (Å²) >= 11 is 4.71. The van der Waals surface area contributed by atoms with E-state index in [0.717, 1.165) is 14.7 Å². The monoisotopic (exact) mass is 418 g/mol. The molecule has 1 amide bonds. The van der Waals surface area contributed by atoms with E-state index in [1.54, 1.807) is 37.3 Å². The smallest absolute Gasteiger partial charge is 0.338 e. The Balaban J connectivity index is 2.03. The van der Waals surface area contributed by atoms with Gasteiger partial charge in [0.2, 0.25) is 0 Å². The molecule has 0 N–H and O–H groups in total. The number of carbonyl (C=O) groups is 2. The summed E-state index contributed by atoms with van der Waals surface area (Å²) in [5.74, 6) is -0.668. The number of thiazole rings is 1. The van der Waals surface area contributed by atoms with Gasteiger partial charge in [-0.25, -0.2) is 4.79 Å². The summed E-state index contributed by atoms with van der Waals surface area (Å²) in [5, 5.41) is 0. The standard InChI is InChI=1S/C18H15BrN2O3S/c1-3-24-17(23)12-7-8-14-15(10-12)25-18(21(14)2)20-16(22)11-5-4-6-13(19)9-11/h4-10H,3H2,1-2H3. The van der Waals surface area contributed by atoms with E-state index in [4.69, 9.17) is 4.74 Å². The van der Waals surface area contributed by atoms with Crippen molar-refractivity contribution < 1.29 is 14.3 Å². The van der Waals surface area contributed by atoms with Gasteiger partial charge in [0.1, 0.15) is 0 Å². The zero-order chi connectivity index (χ0) is 18.0. The molecule has 2 aromatic carbocycles. The summed E-state index contributed by atoms with van der Waals surface area (Å²) in [6.07, 6.45) is 0. The zero-order valence-corrected chi connectivity index (χ0v) is 16.1. The van der Waals surface area contributed by atoms with Crippen molar-refractivity contribution in [3.8, 4) is 0 Å². The topological polar surface area (TPSA) is 60.7 Å². The minimum absolute atomic E-state index is 0.311. The van der Waals surface area contributed by atoms with Gasteiger partial charge >= 0.3 is 5.97 Å². The summed E-state index contributed by atoms with van der Waals surface area (Å²) in [6, 6.07) is 12.4. The highest BCUT2D eigenvalue weighted by molar-refractivity contribution is 9.10. The van der Waals surface area contributed by atoms with Crippen LogP contribution in [0.1, 0.15) is 27.6 Å². The maximum atomic E-state index is 12.4. The molecule has 5 nitrogen and oxygen atoms in total. The number of carbonyl (C=O) groups excluding carboxylic acids is 2. The van der Waals surface area contributed by atoms with Crippen LogP contribution in [0.2, 0.25) is 0 Å². The molecule has 0 saturated carbocycles. The van der Waals surface area contributed by atoms with Crippen LogP contribution in [0.5, 0.6) is 0 Å². The van der Waals surface area contributed by atoms with E-state index in [1.807, 2.05) is 23.7 Å². The quantitative estimate of drug-likeness (QED) is 0.605. The molecule has 0 aliphatic carbocycles. The number of rotatable bonds is 3. The minimum Gasteiger partial charge on any atom is -0.462 e. The van der Waals surface area contributed by atoms with Crippen LogP contribution in [-0.2, 0) is 11.8 Å². The third-order valence-corrected chi connectivity index (χ3v) is 5.18. The lowest BCUT2D eigenvalue weighted by Crippen LogP contribution is -2.13. The van der Waals surface area contributed by atoms with E-state index < -0.39 is 0 Å².